The van der Waals surface area contributed by atoms with E-state index in [-0.39, 0.29) is 0 Å². The number of benzene rings is 1. The molecule has 1 atom stereocenters. The lowest BCUT2D eigenvalue weighted by Crippen LogP contribution is -2.23. The van der Waals surface area contributed by atoms with Crippen LogP contribution in [0.15, 0.2) is 36.7 Å². The predicted molar refractivity (Wildman–Crippen MR) is 54.0 cm³/mol. The number of hydrogen-bond donors (Lipinski definition) is 1. The van der Waals surface area contributed by atoms with Crippen molar-refractivity contribution in [2.75, 3.05) is 7.05 Å². The smallest absolute Gasteiger partial charge is 0.125 e. The van der Waals surface area contributed by atoms with Gasteiger partial charge in [0.15, 0.2) is 0 Å². The molecule has 0 radical (unpaired) electrons. The minimum Gasteiger partial charge on any atom is -0.366 e. The van der Waals surface area contributed by atoms with Gasteiger partial charge in [-0.25, -0.2) is 0 Å². The van der Waals surface area contributed by atoms with E-state index in [2.05, 4.69) is 54.7 Å². The Morgan fingerprint density at radius 2 is 2.08 bits per heavy atom. The van der Waals surface area contributed by atoms with E-state index in [0.29, 0.717) is 6.17 Å². The molecule has 0 aromatic heterocycles. The second-order valence-electron chi connectivity index (χ2n) is 3.41. The van der Waals surface area contributed by atoms with Crippen LogP contribution in [0.1, 0.15) is 17.3 Å². The highest BCUT2D eigenvalue weighted by Gasteiger charge is 2.17. The van der Waals surface area contributed by atoms with E-state index in [4.69, 9.17) is 0 Å². The lowest BCUT2D eigenvalue weighted by molar-refractivity contribution is 0.339. The van der Waals surface area contributed by atoms with E-state index < -0.39 is 0 Å². The fourth-order valence-corrected chi connectivity index (χ4v) is 1.66. The van der Waals surface area contributed by atoms with Crippen molar-refractivity contribution in [2.45, 2.75) is 13.1 Å². The maximum Gasteiger partial charge on any atom is 0.125 e. The summed E-state index contributed by atoms with van der Waals surface area (Å²) < 4.78 is 0. The van der Waals surface area contributed by atoms with Crippen molar-refractivity contribution in [3.05, 3.63) is 47.8 Å². The Kier molecular flexibility index (Phi) is 1.97. The Labute approximate surface area is 78.9 Å². The van der Waals surface area contributed by atoms with Gasteiger partial charge in [0.1, 0.15) is 6.17 Å². The van der Waals surface area contributed by atoms with Crippen molar-refractivity contribution in [3.8, 4) is 0 Å². The number of hydrogen-bond acceptors (Lipinski definition) is 2. The third-order valence-corrected chi connectivity index (χ3v) is 2.45. The summed E-state index contributed by atoms with van der Waals surface area (Å²) in [5.41, 5.74) is 2.67. The zero-order chi connectivity index (χ0) is 9.26. The van der Waals surface area contributed by atoms with Crippen LogP contribution in [0.3, 0.4) is 0 Å². The first-order chi connectivity index (χ1) is 6.29. The van der Waals surface area contributed by atoms with Gasteiger partial charge in [0.2, 0.25) is 0 Å². The Hall–Kier alpha value is -1.44. The molecule has 68 valence electrons. The summed E-state index contributed by atoms with van der Waals surface area (Å²) in [4.78, 5) is 2.17. The Morgan fingerprint density at radius 3 is 2.69 bits per heavy atom. The first-order valence-electron chi connectivity index (χ1n) is 4.49. The first kappa shape index (κ1) is 8.17. The first-order valence-corrected chi connectivity index (χ1v) is 4.49. The SMILES string of the molecule is Cc1ccccc1C1NC=CN1C. The van der Waals surface area contributed by atoms with Gasteiger partial charge in [-0.15, -0.1) is 0 Å². The van der Waals surface area contributed by atoms with E-state index in [1.807, 2.05) is 6.20 Å². The van der Waals surface area contributed by atoms with Gasteiger partial charge in [0.25, 0.3) is 0 Å². The van der Waals surface area contributed by atoms with Gasteiger partial charge >= 0.3 is 0 Å². The molecule has 1 heterocycles. The molecule has 0 fully saturated rings. The predicted octanol–water partition coefficient (Wildman–Crippen LogP) is 2.00. The monoisotopic (exact) mass is 174 g/mol. The van der Waals surface area contributed by atoms with Crippen LogP contribution in [0.4, 0.5) is 0 Å². The summed E-state index contributed by atoms with van der Waals surface area (Å²) in [7, 11) is 2.08. The summed E-state index contributed by atoms with van der Waals surface area (Å²) in [6.07, 6.45) is 4.34. The van der Waals surface area contributed by atoms with Gasteiger partial charge in [0.05, 0.1) is 0 Å². The zero-order valence-electron chi connectivity index (χ0n) is 7.99. The van der Waals surface area contributed by atoms with Gasteiger partial charge in [-0.1, -0.05) is 24.3 Å². The molecule has 0 saturated heterocycles. The Morgan fingerprint density at radius 1 is 1.31 bits per heavy atom. The summed E-state index contributed by atoms with van der Waals surface area (Å²) >= 11 is 0. The van der Waals surface area contributed by atoms with Crippen LogP contribution in [-0.2, 0) is 0 Å². The topological polar surface area (TPSA) is 15.3 Å². The number of nitrogens with zero attached hydrogens (tertiary/aromatic N) is 1. The average Bonchev–Trinajstić information content (AvgIpc) is 2.52. The van der Waals surface area contributed by atoms with Crippen molar-refractivity contribution in [3.63, 3.8) is 0 Å². The standard InChI is InChI=1S/C11H14N2/c1-9-5-3-4-6-10(9)11-12-7-8-13(11)2/h3-8,11-12H,1-2H3. The highest BCUT2D eigenvalue weighted by atomic mass is 15.3. The summed E-state index contributed by atoms with van der Waals surface area (Å²) in [6, 6.07) is 8.46. The van der Waals surface area contributed by atoms with Crippen molar-refractivity contribution in [1.82, 2.24) is 10.2 Å². The minimum absolute atomic E-state index is 0.307. The van der Waals surface area contributed by atoms with Crippen LogP contribution in [-0.4, -0.2) is 11.9 Å². The molecule has 0 saturated carbocycles. The fourth-order valence-electron chi connectivity index (χ4n) is 1.66. The minimum atomic E-state index is 0.307. The molecule has 1 aromatic carbocycles. The molecule has 2 rings (SSSR count). The molecule has 13 heavy (non-hydrogen) atoms. The van der Waals surface area contributed by atoms with Crippen LogP contribution in [0.25, 0.3) is 0 Å². The van der Waals surface area contributed by atoms with Crippen LogP contribution in [0, 0.1) is 6.92 Å². The maximum atomic E-state index is 3.31. The summed E-state index contributed by atoms with van der Waals surface area (Å²) in [5.74, 6) is 0. The van der Waals surface area contributed by atoms with Gasteiger partial charge in [-0.2, -0.15) is 0 Å². The van der Waals surface area contributed by atoms with Crippen LogP contribution in [0.5, 0.6) is 0 Å². The average molecular weight is 174 g/mol. The quantitative estimate of drug-likeness (QED) is 0.700. The third kappa shape index (κ3) is 1.39. The lowest BCUT2D eigenvalue weighted by Gasteiger charge is -2.22. The lowest BCUT2D eigenvalue weighted by atomic mass is 10.1. The molecule has 1 N–H and O–H groups in total. The van der Waals surface area contributed by atoms with Crippen molar-refractivity contribution in [1.29, 1.82) is 0 Å². The Balaban J connectivity index is 2.31. The second kappa shape index (κ2) is 3.13. The maximum absolute atomic E-state index is 3.31. The highest BCUT2D eigenvalue weighted by Crippen LogP contribution is 2.22. The van der Waals surface area contributed by atoms with Crippen LogP contribution in [0.2, 0.25) is 0 Å². The summed E-state index contributed by atoms with van der Waals surface area (Å²) in [5, 5.41) is 3.31. The summed E-state index contributed by atoms with van der Waals surface area (Å²) in [6.45, 7) is 2.14. The van der Waals surface area contributed by atoms with Gasteiger partial charge in [-0.05, 0) is 18.1 Å². The van der Waals surface area contributed by atoms with Gasteiger partial charge in [-0.3, -0.25) is 0 Å². The second-order valence-corrected chi connectivity index (χ2v) is 3.41. The van der Waals surface area contributed by atoms with E-state index in [1.54, 1.807) is 0 Å². The van der Waals surface area contributed by atoms with Crippen molar-refractivity contribution < 1.29 is 0 Å². The molecule has 0 bridgehead atoms. The molecule has 2 nitrogen and oxygen atoms in total. The molecule has 1 aromatic rings. The molecule has 0 aliphatic carbocycles. The third-order valence-electron chi connectivity index (χ3n) is 2.45. The van der Waals surface area contributed by atoms with Crippen molar-refractivity contribution >= 4 is 0 Å². The molecule has 0 spiro atoms. The highest BCUT2D eigenvalue weighted by molar-refractivity contribution is 5.29. The molecule has 1 aliphatic rings. The fraction of sp³-hybridized carbons (Fsp3) is 0.273. The molecular formula is C11H14N2. The Bertz CT molecular complexity index is 331. The van der Waals surface area contributed by atoms with Gasteiger partial charge in [0, 0.05) is 19.4 Å². The van der Waals surface area contributed by atoms with E-state index in [0.717, 1.165) is 0 Å². The zero-order valence-corrected chi connectivity index (χ0v) is 7.99. The van der Waals surface area contributed by atoms with Gasteiger partial charge < -0.3 is 10.2 Å². The van der Waals surface area contributed by atoms with Crippen LogP contribution >= 0.6 is 0 Å². The van der Waals surface area contributed by atoms with E-state index in [9.17, 15) is 0 Å². The molecule has 1 aliphatic heterocycles. The van der Waals surface area contributed by atoms with Crippen molar-refractivity contribution in [2.24, 2.45) is 0 Å². The van der Waals surface area contributed by atoms with E-state index in [1.165, 1.54) is 11.1 Å². The number of nitrogens with one attached hydrogen (secondary N) is 1. The normalized spacial score (nSPS) is 20.5. The molecule has 1 unspecified atom stereocenters. The number of aryl methyl sites for hydroxylation is 1. The largest absolute Gasteiger partial charge is 0.366 e. The molecule has 2 heteroatoms. The molecule has 0 amide bonds. The van der Waals surface area contributed by atoms with E-state index >= 15 is 0 Å². The molecular weight excluding hydrogens is 160 g/mol. The van der Waals surface area contributed by atoms with Crippen LogP contribution < -0.4 is 5.32 Å². The number of rotatable bonds is 1.